The summed E-state index contributed by atoms with van der Waals surface area (Å²) in [4.78, 5) is 23.3. The van der Waals surface area contributed by atoms with Crippen LogP contribution in [0, 0.1) is 0 Å². The number of amidine groups is 1. The number of carbonyl (C=O) groups excluding carboxylic acids is 1. The smallest absolute Gasteiger partial charge is 0.326 e. The number of benzene rings is 1. The molecule has 0 aromatic heterocycles. The SMILES string of the molecule is O=C1NC(Nc2ccc(Cl)c(C(F)(F)F)c2)=NC2=NC=NC12. The van der Waals surface area contributed by atoms with Gasteiger partial charge in [-0.2, -0.15) is 18.2 Å². The highest BCUT2D eigenvalue weighted by Crippen LogP contribution is 2.36. The van der Waals surface area contributed by atoms with E-state index in [1.807, 2.05) is 0 Å². The van der Waals surface area contributed by atoms with Crippen LogP contribution in [0.25, 0.3) is 0 Å². The first-order valence-electron chi connectivity index (χ1n) is 5.97. The summed E-state index contributed by atoms with van der Waals surface area (Å²) in [5.74, 6) is -0.313. The summed E-state index contributed by atoms with van der Waals surface area (Å²) in [5, 5.41) is 4.57. The van der Waals surface area contributed by atoms with E-state index in [1.165, 1.54) is 12.4 Å². The number of guanidine groups is 1. The maximum Gasteiger partial charge on any atom is 0.417 e. The highest BCUT2D eigenvalue weighted by molar-refractivity contribution is 6.31. The van der Waals surface area contributed by atoms with Crippen LogP contribution >= 0.6 is 11.6 Å². The molecule has 22 heavy (non-hydrogen) atoms. The molecule has 2 aliphatic rings. The Morgan fingerprint density at radius 2 is 2.09 bits per heavy atom. The Hall–Kier alpha value is -2.42. The molecular weight excluding hydrogens is 323 g/mol. The molecule has 114 valence electrons. The summed E-state index contributed by atoms with van der Waals surface area (Å²) < 4.78 is 38.4. The Morgan fingerprint density at radius 3 is 2.82 bits per heavy atom. The topological polar surface area (TPSA) is 78.2 Å². The van der Waals surface area contributed by atoms with Crippen molar-refractivity contribution in [1.29, 1.82) is 0 Å². The largest absolute Gasteiger partial charge is 0.417 e. The lowest BCUT2D eigenvalue weighted by Gasteiger charge is -2.19. The van der Waals surface area contributed by atoms with E-state index in [4.69, 9.17) is 11.6 Å². The summed E-state index contributed by atoms with van der Waals surface area (Å²) >= 11 is 5.54. The first kappa shape index (κ1) is 14.5. The summed E-state index contributed by atoms with van der Waals surface area (Å²) in [7, 11) is 0. The number of carbonyl (C=O) groups is 1. The lowest BCUT2D eigenvalue weighted by atomic mass is 10.2. The van der Waals surface area contributed by atoms with E-state index in [0.717, 1.165) is 12.1 Å². The van der Waals surface area contributed by atoms with Crippen LogP contribution in [0.5, 0.6) is 0 Å². The molecule has 0 spiro atoms. The van der Waals surface area contributed by atoms with Crippen LogP contribution < -0.4 is 10.6 Å². The number of alkyl halides is 3. The van der Waals surface area contributed by atoms with Gasteiger partial charge in [0.2, 0.25) is 5.96 Å². The lowest BCUT2D eigenvalue weighted by Crippen LogP contribution is -2.48. The van der Waals surface area contributed by atoms with Gasteiger partial charge in [-0.15, -0.1) is 0 Å². The van der Waals surface area contributed by atoms with Crippen LogP contribution in [0.1, 0.15) is 5.56 Å². The first-order valence-corrected chi connectivity index (χ1v) is 6.35. The van der Waals surface area contributed by atoms with Gasteiger partial charge in [-0.25, -0.2) is 4.99 Å². The van der Waals surface area contributed by atoms with E-state index in [-0.39, 0.29) is 17.5 Å². The molecule has 1 atom stereocenters. The monoisotopic (exact) mass is 329 g/mol. The van der Waals surface area contributed by atoms with E-state index in [1.54, 1.807) is 0 Å². The Labute approximate surface area is 126 Å². The van der Waals surface area contributed by atoms with Gasteiger partial charge in [-0.3, -0.25) is 15.1 Å². The molecule has 2 heterocycles. The molecule has 0 radical (unpaired) electrons. The van der Waals surface area contributed by atoms with Gasteiger partial charge in [0.1, 0.15) is 6.34 Å². The predicted molar refractivity (Wildman–Crippen MR) is 75.4 cm³/mol. The van der Waals surface area contributed by atoms with Gasteiger partial charge in [0, 0.05) is 5.69 Å². The fourth-order valence-electron chi connectivity index (χ4n) is 1.92. The van der Waals surface area contributed by atoms with Crippen LogP contribution in [0.4, 0.5) is 18.9 Å². The van der Waals surface area contributed by atoms with Gasteiger partial charge in [-0.05, 0) is 18.2 Å². The van der Waals surface area contributed by atoms with Crippen LogP contribution in [0.3, 0.4) is 0 Å². The maximum atomic E-state index is 12.8. The fraction of sp³-hybridized carbons (Fsp3) is 0.167. The molecule has 1 amide bonds. The number of rotatable bonds is 1. The van der Waals surface area contributed by atoms with E-state index in [0.29, 0.717) is 0 Å². The van der Waals surface area contributed by atoms with Crippen molar-refractivity contribution in [3.63, 3.8) is 0 Å². The Bertz CT molecular complexity index is 741. The number of fused-ring (bicyclic) bond motifs is 1. The van der Waals surface area contributed by atoms with Crippen molar-refractivity contribution >= 4 is 41.3 Å². The van der Waals surface area contributed by atoms with Gasteiger partial charge in [-0.1, -0.05) is 11.6 Å². The highest BCUT2D eigenvalue weighted by Gasteiger charge is 2.34. The van der Waals surface area contributed by atoms with E-state index in [9.17, 15) is 18.0 Å². The number of hydrogen-bond donors (Lipinski definition) is 2. The molecular formula is C12H7ClF3N5O. The molecule has 0 fully saturated rings. The molecule has 0 bridgehead atoms. The molecule has 2 aliphatic heterocycles. The van der Waals surface area contributed by atoms with Crippen LogP contribution in [0.15, 0.2) is 33.2 Å². The molecule has 1 aromatic rings. The molecule has 1 aromatic carbocycles. The van der Waals surface area contributed by atoms with Gasteiger partial charge in [0.25, 0.3) is 5.91 Å². The molecule has 2 N–H and O–H groups in total. The van der Waals surface area contributed by atoms with Crippen molar-refractivity contribution in [3.05, 3.63) is 28.8 Å². The minimum absolute atomic E-state index is 0.0269. The Kier molecular flexibility index (Phi) is 3.36. The van der Waals surface area contributed by atoms with Crippen LogP contribution in [-0.2, 0) is 11.0 Å². The van der Waals surface area contributed by atoms with Crippen LogP contribution in [0.2, 0.25) is 5.02 Å². The normalized spacial score (nSPS) is 20.2. The summed E-state index contributed by atoms with van der Waals surface area (Å²) in [6.45, 7) is 0. The first-order chi connectivity index (χ1) is 10.3. The molecule has 0 saturated heterocycles. The van der Waals surface area contributed by atoms with Crippen LogP contribution in [-0.4, -0.2) is 30.1 Å². The average Bonchev–Trinajstić information content (AvgIpc) is 2.88. The third kappa shape index (κ3) is 2.67. The van der Waals surface area contributed by atoms with E-state index in [2.05, 4.69) is 25.6 Å². The third-order valence-electron chi connectivity index (χ3n) is 2.90. The lowest BCUT2D eigenvalue weighted by molar-refractivity contribution is -0.137. The second kappa shape index (κ2) is 5.09. The minimum Gasteiger partial charge on any atom is -0.326 e. The van der Waals surface area contributed by atoms with Gasteiger partial charge >= 0.3 is 6.18 Å². The fourth-order valence-corrected chi connectivity index (χ4v) is 2.14. The Morgan fingerprint density at radius 1 is 1.32 bits per heavy atom. The van der Waals surface area contributed by atoms with E-state index >= 15 is 0 Å². The van der Waals surface area contributed by atoms with Crippen molar-refractivity contribution < 1.29 is 18.0 Å². The maximum absolute atomic E-state index is 12.8. The molecule has 6 nitrogen and oxygen atoms in total. The predicted octanol–water partition coefficient (Wildman–Crippen LogP) is 2.07. The molecule has 1 unspecified atom stereocenters. The summed E-state index contributed by atoms with van der Waals surface area (Å²) in [5.41, 5.74) is -0.907. The third-order valence-corrected chi connectivity index (χ3v) is 3.23. The van der Waals surface area contributed by atoms with Gasteiger partial charge < -0.3 is 5.32 Å². The molecule has 0 saturated carbocycles. The minimum atomic E-state index is -4.58. The number of anilines is 1. The number of aliphatic imine (C=N–C) groups is 3. The zero-order valence-electron chi connectivity index (χ0n) is 10.6. The number of halogens is 4. The quantitative estimate of drug-likeness (QED) is 0.827. The van der Waals surface area contributed by atoms with Crippen molar-refractivity contribution in [2.75, 3.05) is 5.32 Å². The highest BCUT2D eigenvalue weighted by atomic mass is 35.5. The van der Waals surface area contributed by atoms with Crippen molar-refractivity contribution in [3.8, 4) is 0 Å². The second-order valence-electron chi connectivity index (χ2n) is 4.42. The zero-order valence-corrected chi connectivity index (χ0v) is 11.4. The van der Waals surface area contributed by atoms with Crippen molar-refractivity contribution in [2.45, 2.75) is 12.2 Å². The second-order valence-corrected chi connectivity index (χ2v) is 4.83. The van der Waals surface area contributed by atoms with Crippen molar-refractivity contribution in [1.82, 2.24) is 5.32 Å². The standard InChI is InChI=1S/C12H7ClF3N5O/c13-7-2-1-5(3-6(7)12(14,15)16)19-11-20-9-8(10(22)21-11)17-4-18-9/h1-4,8H,(H2,17,18,19,20,21,22). The average molecular weight is 330 g/mol. The van der Waals surface area contributed by atoms with Crippen molar-refractivity contribution in [2.24, 2.45) is 15.0 Å². The van der Waals surface area contributed by atoms with Gasteiger partial charge in [0.05, 0.1) is 10.6 Å². The number of nitrogens with one attached hydrogen (secondary N) is 2. The number of amides is 1. The molecule has 10 heteroatoms. The van der Waals surface area contributed by atoms with E-state index < -0.39 is 28.7 Å². The van der Waals surface area contributed by atoms with Gasteiger partial charge in [0.15, 0.2) is 11.9 Å². The number of nitrogens with zero attached hydrogens (tertiary/aromatic N) is 3. The summed E-state index contributed by atoms with van der Waals surface area (Å²) in [6.07, 6.45) is -3.38. The Balaban J connectivity index is 1.87. The summed E-state index contributed by atoms with van der Waals surface area (Å²) in [6, 6.07) is 2.47. The number of hydrogen-bond acceptors (Lipinski definition) is 5. The zero-order chi connectivity index (χ0) is 15.9. The molecule has 0 aliphatic carbocycles. The molecule has 3 rings (SSSR count).